The van der Waals surface area contributed by atoms with E-state index in [4.69, 9.17) is 0 Å². The molecule has 0 saturated heterocycles. The lowest BCUT2D eigenvalue weighted by Gasteiger charge is -2.11. The maximum atomic E-state index is 11.2. The van der Waals surface area contributed by atoms with Crippen LogP contribution in [0.1, 0.15) is 0 Å². The van der Waals surface area contributed by atoms with Crippen molar-refractivity contribution in [2.75, 3.05) is 35.2 Å². The Labute approximate surface area is 72.5 Å². The second-order valence-corrected chi connectivity index (χ2v) is 2.91. The summed E-state index contributed by atoms with van der Waals surface area (Å²) >= 11 is 0. The van der Waals surface area contributed by atoms with Gasteiger partial charge in [-0.3, -0.25) is 9.80 Å². The first-order valence-corrected chi connectivity index (χ1v) is 3.54. The van der Waals surface area contributed by atoms with Crippen LogP contribution >= 0.6 is 0 Å². The average Bonchev–Trinajstić information content (AvgIpc) is 2.00. The zero-order chi connectivity index (χ0) is 9.89. The van der Waals surface area contributed by atoms with Crippen molar-refractivity contribution in [3.8, 4) is 0 Å². The molecule has 0 aliphatic carbocycles. The molecule has 5 nitrogen and oxygen atoms in total. The van der Waals surface area contributed by atoms with E-state index in [1.165, 1.54) is 16.8 Å². The van der Waals surface area contributed by atoms with E-state index in [0.717, 1.165) is 4.90 Å². The van der Waals surface area contributed by atoms with Gasteiger partial charge in [0.05, 0.1) is 0 Å². The number of hydrogen-bond acceptors (Lipinski definition) is 2. The van der Waals surface area contributed by atoms with Gasteiger partial charge in [-0.25, -0.2) is 9.59 Å². The molecule has 1 radical (unpaired) electrons. The summed E-state index contributed by atoms with van der Waals surface area (Å²) in [7, 11) is 7.85. The average molecular weight is 173 g/mol. The van der Waals surface area contributed by atoms with Gasteiger partial charge in [-0.2, -0.15) is 0 Å². The topological polar surface area (TPSA) is 46.5 Å². The second kappa shape index (κ2) is 4.06. The number of imide groups is 1. The maximum Gasteiger partial charge on any atom is 0.476 e. The highest BCUT2D eigenvalue weighted by atomic mass is 16.2. The molecule has 0 spiro atoms. The molecule has 69 valence electrons. The van der Waals surface area contributed by atoms with Gasteiger partial charge in [0.25, 0.3) is 0 Å². The van der Waals surface area contributed by atoms with Crippen LogP contribution in [0.3, 0.4) is 0 Å². The normalized spacial score (nSPS) is 9.83. The van der Waals surface area contributed by atoms with Gasteiger partial charge in [0.2, 0.25) is 0 Å². The van der Waals surface area contributed by atoms with Gasteiger partial charge >= 0.3 is 12.1 Å². The van der Waals surface area contributed by atoms with Crippen LogP contribution in [0.15, 0.2) is 0 Å². The fourth-order valence-electron chi connectivity index (χ4n) is 0.682. The van der Waals surface area contributed by atoms with Crippen molar-refractivity contribution in [3.63, 3.8) is 0 Å². The molecule has 0 aliphatic heterocycles. The van der Waals surface area contributed by atoms with E-state index in [2.05, 4.69) is 0 Å². The molecule has 0 aromatic carbocycles. The first-order valence-electron chi connectivity index (χ1n) is 3.54. The molecule has 0 aromatic rings. The van der Waals surface area contributed by atoms with Crippen molar-refractivity contribution in [1.82, 2.24) is 14.7 Å². The van der Waals surface area contributed by atoms with Crippen LogP contribution in [0.4, 0.5) is 9.59 Å². The summed E-state index contributed by atoms with van der Waals surface area (Å²) in [4.78, 5) is 26.1. The highest BCUT2D eigenvalue weighted by Gasteiger charge is 2.33. The van der Waals surface area contributed by atoms with E-state index < -0.39 is 0 Å². The molecule has 0 fully saturated rings. The van der Waals surface area contributed by atoms with Gasteiger partial charge in [0.15, 0.2) is 0 Å². The minimum atomic E-state index is -0.325. The molecule has 0 aromatic heterocycles. The highest BCUT2D eigenvalue weighted by Crippen LogP contribution is 1.91. The lowest BCUT2D eigenvalue weighted by molar-refractivity contribution is 0.183. The Morgan fingerprint density at radius 2 is 1.17 bits per heavy atom. The molecule has 0 aliphatic rings. The summed E-state index contributed by atoms with van der Waals surface area (Å²) in [6.07, 6.45) is 0. The molecule has 0 saturated carbocycles. The molecule has 0 unspecified atom stereocenters. The second-order valence-electron chi connectivity index (χ2n) is 2.91. The Balaban J connectivity index is 4.30. The Kier molecular flexibility index (Phi) is 3.69. The summed E-state index contributed by atoms with van der Waals surface area (Å²) in [6, 6.07) is -0.651. The van der Waals surface area contributed by atoms with Crippen molar-refractivity contribution in [2.45, 2.75) is 0 Å². The molecular formula is C7H15N3O2+. The van der Waals surface area contributed by atoms with Crippen LogP contribution in [-0.4, -0.2) is 57.1 Å². The third-order valence-corrected chi connectivity index (χ3v) is 1.34. The number of carbonyl (C=O) groups is 2. The van der Waals surface area contributed by atoms with Crippen LogP contribution in [-0.2, 0) is 0 Å². The van der Waals surface area contributed by atoms with Crippen LogP contribution in [0.25, 0.3) is 0 Å². The third kappa shape index (κ3) is 2.50. The van der Waals surface area contributed by atoms with Crippen molar-refractivity contribution < 1.29 is 9.59 Å². The van der Waals surface area contributed by atoms with Crippen LogP contribution < -0.4 is 4.90 Å². The molecule has 4 amide bonds. The molecule has 0 heterocycles. The summed E-state index contributed by atoms with van der Waals surface area (Å²) in [5, 5.41) is 0. The minimum absolute atomic E-state index is 0.325. The molecule has 0 N–H and O–H groups in total. The number of rotatable bonds is 0. The van der Waals surface area contributed by atoms with Gasteiger partial charge in [-0.1, -0.05) is 0 Å². The number of urea groups is 2. The Morgan fingerprint density at radius 1 is 0.917 bits per heavy atom. The van der Waals surface area contributed by atoms with Crippen molar-refractivity contribution in [3.05, 3.63) is 0 Å². The molecule has 0 rings (SSSR count). The SMILES string of the molecule is CN(C)C(=O)[N+](C)C(=O)N(C)C. The maximum absolute atomic E-state index is 11.2. The molecule has 12 heavy (non-hydrogen) atoms. The first kappa shape index (κ1) is 10.9. The van der Waals surface area contributed by atoms with Crippen molar-refractivity contribution in [1.29, 1.82) is 0 Å². The van der Waals surface area contributed by atoms with E-state index in [9.17, 15) is 9.59 Å². The predicted molar refractivity (Wildman–Crippen MR) is 46.2 cm³/mol. The van der Waals surface area contributed by atoms with Gasteiger partial charge in [-0.05, 0) is 0 Å². The standard InChI is InChI=1S/C7H15N3O2/c1-8(2)6(11)10(5)7(12)9(3)4/h1-5H3/q+1. The summed E-state index contributed by atoms with van der Waals surface area (Å²) in [5.41, 5.74) is 0. The van der Waals surface area contributed by atoms with Gasteiger partial charge < -0.3 is 0 Å². The molecule has 0 bridgehead atoms. The quantitative estimate of drug-likeness (QED) is 0.488. The third-order valence-electron chi connectivity index (χ3n) is 1.34. The van der Waals surface area contributed by atoms with E-state index in [-0.39, 0.29) is 12.1 Å². The number of hydrogen-bond donors (Lipinski definition) is 0. The number of carbonyl (C=O) groups excluding carboxylic acids is 2. The summed E-state index contributed by atoms with van der Waals surface area (Å²) in [5.74, 6) is 0. The largest absolute Gasteiger partial charge is 0.476 e. The lowest BCUT2D eigenvalue weighted by Crippen LogP contribution is -2.49. The molecule has 5 heteroatoms. The smallest absolute Gasteiger partial charge is 0.294 e. The zero-order valence-electron chi connectivity index (χ0n) is 8.16. The Bertz CT molecular complexity index is 169. The van der Waals surface area contributed by atoms with E-state index >= 15 is 0 Å². The van der Waals surface area contributed by atoms with Gasteiger partial charge in [-0.15, -0.1) is 0 Å². The highest BCUT2D eigenvalue weighted by molar-refractivity contribution is 5.96. The Hall–Kier alpha value is -1.10. The Morgan fingerprint density at radius 3 is 1.33 bits per heavy atom. The fraction of sp³-hybridized carbons (Fsp3) is 0.714. The van der Waals surface area contributed by atoms with Crippen LogP contribution in [0.5, 0.6) is 0 Å². The number of nitrogens with zero attached hydrogens (tertiary/aromatic N) is 3. The molecular weight excluding hydrogens is 158 g/mol. The van der Waals surface area contributed by atoms with Crippen molar-refractivity contribution >= 4 is 12.1 Å². The monoisotopic (exact) mass is 173 g/mol. The van der Waals surface area contributed by atoms with Gasteiger partial charge in [0, 0.05) is 33.1 Å². The molecule has 0 atom stereocenters. The minimum Gasteiger partial charge on any atom is -0.294 e. The number of amides is 4. The van der Waals surface area contributed by atoms with E-state index in [0.29, 0.717) is 0 Å². The van der Waals surface area contributed by atoms with Crippen LogP contribution in [0, 0.1) is 0 Å². The van der Waals surface area contributed by atoms with Crippen LogP contribution in [0.2, 0.25) is 0 Å². The lowest BCUT2D eigenvalue weighted by atomic mass is 10.6. The van der Waals surface area contributed by atoms with Gasteiger partial charge in [0.1, 0.15) is 7.05 Å². The fourth-order valence-corrected chi connectivity index (χ4v) is 0.682. The zero-order valence-corrected chi connectivity index (χ0v) is 8.16. The van der Waals surface area contributed by atoms with Crippen molar-refractivity contribution in [2.24, 2.45) is 0 Å². The predicted octanol–water partition coefficient (Wildman–Crippen LogP) is 0.119. The van der Waals surface area contributed by atoms with E-state index in [1.54, 1.807) is 28.2 Å². The van der Waals surface area contributed by atoms with E-state index in [1.807, 2.05) is 0 Å². The first-order chi connectivity index (χ1) is 5.37. The summed E-state index contributed by atoms with van der Waals surface area (Å²) < 4.78 is 0. The summed E-state index contributed by atoms with van der Waals surface area (Å²) in [6.45, 7) is 0.